The van der Waals surface area contributed by atoms with E-state index < -0.39 is 57.8 Å². The maximum absolute atomic E-state index is 15.1. The molecule has 12 nitrogen and oxygen atoms in total. The molecule has 1 aliphatic rings. The van der Waals surface area contributed by atoms with E-state index in [1.54, 1.807) is 33.8 Å². The Morgan fingerprint density at radius 1 is 1.02 bits per heavy atom. The quantitative estimate of drug-likeness (QED) is 0.178. The topological polar surface area (TPSA) is 148 Å². The second kappa shape index (κ2) is 14.5. The molecule has 0 unspecified atom stereocenters. The fourth-order valence-electron chi connectivity index (χ4n) is 4.22. The number of aromatic nitrogens is 1. The first-order valence-electron chi connectivity index (χ1n) is 13.0. The van der Waals surface area contributed by atoms with E-state index in [2.05, 4.69) is 0 Å². The Morgan fingerprint density at radius 3 is 2.17 bits per heavy atom. The molecule has 2 amide bonds. The maximum Gasteiger partial charge on any atom is 1.00 e. The normalized spacial score (nSPS) is 13.1. The summed E-state index contributed by atoms with van der Waals surface area (Å²) in [6, 6.07) is 3.55. The number of halogens is 1. The van der Waals surface area contributed by atoms with Gasteiger partial charge in [0.25, 0.3) is 5.97 Å². The summed E-state index contributed by atoms with van der Waals surface area (Å²) in [7, 11) is 0. The summed E-state index contributed by atoms with van der Waals surface area (Å²) in [6.07, 6.45) is 0.645. The van der Waals surface area contributed by atoms with Crippen LogP contribution in [-0.4, -0.2) is 83.3 Å². The maximum atomic E-state index is 15.1. The smallest absolute Gasteiger partial charge is 0.471 e. The number of ether oxygens (including phenoxy) is 3. The number of pyridine rings is 1. The third-order valence-electron chi connectivity index (χ3n) is 6.11. The molecule has 220 valence electrons. The van der Waals surface area contributed by atoms with Crippen molar-refractivity contribution in [2.45, 2.75) is 46.8 Å². The van der Waals surface area contributed by atoms with E-state index in [-0.39, 0.29) is 86.4 Å². The molecule has 0 aliphatic carbocycles. The van der Waals surface area contributed by atoms with Gasteiger partial charge in [0.05, 0.1) is 13.2 Å². The summed E-state index contributed by atoms with van der Waals surface area (Å²) in [4.78, 5) is 66.6. The first-order valence-corrected chi connectivity index (χ1v) is 13.0. The van der Waals surface area contributed by atoms with Crippen LogP contribution in [0.4, 0.5) is 9.18 Å². The number of benzene rings is 1. The van der Waals surface area contributed by atoms with E-state index in [9.17, 15) is 29.2 Å². The van der Waals surface area contributed by atoms with Gasteiger partial charge in [-0.1, -0.05) is 6.07 Å². The first kappa shape index (κ1) is 34.6. The Kier molecular flexibility index (Phi) is 12.0. The minimum Gasteiger partial charge on any atom is -0.471 e. The predicted octanol–water partition coefficient (Wildman–Crippen LogP) is -0.590. The van der Waals surface area contributed by atoms with Crippen LogP contribution in [0.1, 0.15) is 50.5 Å². The van der Waals surface area contributed by atoms with Crippen molar-refractivity contribution in [3.8, 4) is 6.07 Å². The van der Waals surface area contributed by atoms with Crippen LogP contribution in [-0.2, 0) is 30.3 Å². The Balaban J connectivity index is 0.00000616. The zero-order valence-electron chi connectivity index (χ0n) is 24.6. The van der Waals surface area contributed by atoms with Crippen molar-refractivity contribution in [3.05, 3.63) is 51.4 Å². The predicted molar refractivity (Wildman–Crippen MR) is 143 cm³/mol. The van der Waals surface area contributed by atoms with Crippen molar-refractivity contribution < 1.29 is 67.3 Å². The van der Waals surface area contributed by atoms with E-state index in [4.69, 9.17) is 14.2 Å². The molecule has 0 saturated carbocycles. The van der Waals surface area contributed by atoms with E-state index in [1.165, 1.54) is 21.3 Å². The van der Waals surface area contributed by atoms with Gasteiger partial charge in [-0.25, -0.2) is 14.9 Å². The average molecular weight is 595 g/mol. The molecule has 0 N–H and O–H groups in total. The molecule has 0 bridgehead atoms. The molecule has 1 fully saturated rings. The van der Waals surface area contributed by atoms with Gasteiger partial charge in [-0.2, -0.15) is 0 Å². The molecular formula is C28H32FN4NaO8. The number of rotatable bonds is 7. The summed E-state index contributed by atoms with van der Waals surface area (Å²) >= 11 is 0. The molecule has 2 heterocycles. The number of nitriles is 1. The van der Waals surface area contributed by atoms with Crippen molar-refractivity contribution in [1.29, 1.82) is 5.26 Å². The summed E-state index contributed by atoms with van der Waals surface area (Å²) in [5, 5.41) is 9.28. The van der Waals surface area contributed by atoms with Crippen molar-refractivity contribution in [2.24, 2.45) is 0 Å². The van der Waals surface area contributed by atoms with Crippen molar-refractivity contribution >= 4 is 34.8 Å². The van der Waals surface area contributed by atoms with E-state index in [0.29, 0.717) is 0 Å². The summed E-state index contributed by atoms with van der Waals surface area (Å²) in [5.74, 6) is -4.09. The Hall–Kier alpha value is -3.60. The number of amides is 2. The van der Waals surface area contributed by atoms with E-state index >= 15 is 4.39 Å². The summed E-state index contributed by atoms with van der Waals surface area (Å²) in [5.41, 5.74) is -2.33. The second-order valence-corrected chi connectivity index (χ2v) is 10.1. The van der Waals surface area contributed by atoms with Crippen LogP contribution in [0.5, 0.6) is 0 Å². The van der Waals surface area contributed by atoms with E-state index in [1.807, 2.05) is 0 Å². The van der Waals surface area contributed by atoms with Crippen molar-refractivity contribution in [3.63, 3.8) is 0 Å². The Morgan fingerprint density at radius 2 is 1.62 bits per heavy atom. The molecule has 1 aromatic heterocycles. The van der Waals surface area contributed by atoms with Crippen molar-refractivity contribution in [2.75, 3.05) is 39.4 Å². The molecular weight excluding hydrogens is 562 g/mol. The van der Waals surface area contributed by atoms with Gasteiger partial charge in [0.1, 0.15) is 17.7 Å². The second-order valence-electron chi connectivity index (χ2n) is 10.1. The van der Waals surface area contributed by atoms with Gasteiger partial charge >= 0.3 is 41.6 Å². The molecule has 0 radical (unpaired) electrons. The molecule has 0 spiro atoms. The van der Waals surface area contributed by atoms with Gasteiger partial charge in [-0.3, -0.25) is 18.8 Å². The molecule has 0 atom stereocenters. The van der Waals surface area contributed by atoms with Crippen LogP contribution in [0.25, 0.3) is 10.9 Å². The standard InChI is InChI=1S/C28H32FN4O8.Na/c1-6-39-25(36)19(14-30)17-13-22-18(12-21(17)29)24(35)20(26(37)40-7-2)15-33(22)16-23(34)31-8-10-32(11-9-31)27(38)41-28(3,4)5;/h12-13,15H,6-11,16H2,1-5H3;/q-1;+1. The number of piperazine rings is 1. The van der Waals surface area contributed by atoms with Gasteiger partial charge < -0.3 is 28.6 Å². The van der Waals surface area contributed by atoms with Crippen LogP contribution in [0.2, 0.25) is 0 Å². The fraction of sp³-hybridized carbons (Fsp3) is 0.464. The Labute approximate surface area is 264 Å². The molecule has 1 saturated heterocycles. The van der Waals surface area contributed by atoms with Crippen molar-refractivity contribution in [1.82, 2.24) is 14.4 Å². The third-order valence-corrected chi connectivity index (χ3v) is 6.11. The first-order chi connectivity index (χ1) is 19.3. The van der Waals surface area contributed by atoms with Crippen LogP contribution in [0.3, 0.4) is 0 Å². The minimum absolute atomic E-state index is 0. The third kappa shape index (κ3) is 8.02. The van der Waals surface area contributed by atoms with Gasteiger partial charge in [0.2, 0.25) is 11.3 Å². The van der Waals surface area contributed by atoms with E-state index in [0.717, 1.165) is 18.3 Å². The monoisotopic (exact) mass is 594 g/mol. The van der Waals surface area contributed by atoms with Crippen LogP contribution in [0.15, 0.2) is 23.1 Å². The van der Waals surface area contributed by atoms with Gasteiger partial charge in [0.15, 0.2) is 0 Å². The SMILES string of the molecule is CCOC(=O)c1cn(CC(=O)N2CCN(C(=O)OC(C)(C)C)CC2)c2cc([C-](C#N)C(=O)OCC)c(F)cc2c1=O.[Na+]. The largest absolute Gasteiger partial charge is 1.00 e. The zero-order chi connectivity index (χ0) is 30.5. The molecule has 1 aromatic carbocycles. The number of hydrogen-bond acceptors (Lipinski definition) is 9. The average Bonchev–Trinajstić information content (AvgIpc) is 2.90. The number of fused-ring (bicyclic) bond motifs is 1. The fourth-order valence-corrected chi connectivity index (χ4v) is 4.22. The Bertz CT molecular complexity index is 1460. The number of carbonyl (C=O) groups is 4. The van der Waals surface area contributed by atoms with Gasteiger partial charge in [-0.15, -0.1) is 11.6 Å². The number of carbonyl (C=O) groups excluding carboxylic acids is 4. The van der Waals surface area contributed by atoms with Gasteiger partial charge in [-0.05, 0) is 40.1 Å². The molecule has 14 heteroatoms. The molecule has 42 heavy (non-hydrogen) atoms. The van der Waals surface area contributed by atoms with Crippen LogP contribution < -0.4 is 35.0 Å². The van der Waals surface area contributed by atoms with Crippen LogP contribution in [0, 0.1) is 23.1 Å². The molecule has 2 aromatic rings. The number of esters is 2. The molecule has 1 aliphatic heterocycles. The number of hydrogen-bond donors (Lipinski definition) is 0. The summed E-state index contributed by atoms with van der Waals surface area (Å²) < 4.78 is 31.6. The van der Waals surface area contributed by atoms with Gasteiger partial charge in [0, 0.05) is 55.6 Å². The molecule has 3 rings (SSSR count). The van der Waals surface area contributed by atoms with Crippen LogP contribution >= 0.6 is 0 Å². The minimum atomic E-state index is -1.06. The zero-order valence-corrected chi connectivity index (χ0v) is 26.6. The number of nitrogens with zero attached hydrogens (tertiary/aromatic N) is 4. The summed E-state index contributed by atoms with van der Waals surface area (Å²) in [6.45, 7) is 8.77.